The highest BCUT2D eigenvalue weighted by atomic mass is 32.2. The average molecular weight is 272 g/mol. The first-order valence-electron chi connectivity index (χ1n) is 6.25. The van der Waals surface area contributed by atoms with Crippen LogP contribution in [0.4, 0.5) is 0 Å². The molecule has 2 nitrogen and oxygen atoms in total. The second-order valence-corrected chi connectivity index (χ2v) is 5.78. The van der Waals surface area contributed by atoms with E-state index in [1.54, 1.807) is 12.1 Å². The Bertz CT molecular complexity index is 549. The van der Waals surface area contributed by atoms with Crippen molar-refractivity contribution in [2.75, 3.05) is 5.75 Å². The number of rotatable bonds is 6. The fraction of sp³-hybridized carbons (Fsp3) is 0.188. The third kappa shape index (κ3) is 4.45. The van der Waals surface area contributed by atoms with Crippen LogP contribution in [0.3, 0.4) is 0 Å². The normalized spacial score (nSPS) is 12.0. The van der Waals surface area contributed by atoms with Crippen molar-refractivity contribution in [2.45, 2.75) is 17.7 Å². The lowest BCUT2D eigenvalue weighted by Gasteiger charge is -2.02. The molecule has 98 valence electrons. The molecule has 0 N–H and O–H groups in total. The summed E-state index contributed by atoms with van der Waals surface area (Å²) in [6, 6.07) is 19.0. The molecule has 19 heavy (non-hydrogen) atoms. The summed E-state index contributed by atoms with van der Waals surface area (Å²) in [5.74, 6) is 0.155. The molecule has 0 aliphatic heterocycles. The molecule has 2 aromatic rings. The van der Waals surface area contributed by atoms with Crippen molar-refractivity contribution in [2.24, 2.45) is 0 Å². The number of ketones is 1. The Labute approximate surface area is 115 Å². The Morgan fingerprint density at radius 2 is 1.47 bits per heavy atom. The maximum Gasteiger partial charge on any atom is 0.146 e. The van der Waals surface area contributed by atoms with E-state index in [4.69, 9.17) is 0 Å². The molecule has 0 radical (unpaired) electrons. The highest BCUT2D eigenvalue weighted by Gasteiger charge is 2.09. The van der Waals surface area contributed by atoms with Crippen LogP contribution in [0.1, 0.15) is 12.0 Å². The summed E-state index contributed by atoms with van der Waals surface area (Å²) in [6.45, 7) is 0. The van der Waals surface area contributed by atoms with E-state index < -0.39 is 10.8 Å². The molecule has 1 atom stereocenters. The second kappa shape index (κ2) is 7.00. The minimum absolute atomic E-state index is 0.0473. The third-order valence-electron chi connectivity index (χ3n) is 2.83. The fourth-order valence-corrected chi connectivity index (χ4v) is 2.87. The molecular formula is C16H16O2S. The molecule has 3 heteroatoms. The van der Waals surface area contributed by atoms with E-state index in [0.29, 0.717) is 12.8 Å². The molecular weight excluding hydrogens is 256 g/mol. The lowest BCUT2D eigenvalue weighted by atomic mass is 10.1. The van der Waals surface area contributed by atoms with Gasteiger partial charge in [0, 0.05) is 11.3 Å². The zero-order chi connectivity index (χ0) is 13.5. The zero-order valence-corrected chi connectivity index (χ0v) is 11.4. The van der Waals surface area contributed by atoms with Gasteiger partial charge in [-0.2, -0.15) is 0 Å². The molecule has 0 saturated carbocycles. The van der Waals surface area contributed by atoms with Gasteiger partial charge in [-0.3, -0.25) is 9.00 Å². The van der Waals surface area contributed by atoms with Gasteiger partial charge in [0.1, 0.15) is 5.78 Å². The first-order valence-corrected chi connectivity index (χ1v) is 7.56. The predicted octanol–water partition coefficient (Wildman–Crippen LogP) is 3.00. The summed E-state index contributed by atoms with van der Waals surface area (Å²) < 4.78 is 12.0. The van der Waals surface area contributed by atoms with Crippen LogP contribution in [-0.4, -0.2) is 15.7 Å². The van der Waals surface area contributed by atoms with E-state index in [-0.39, 0.29) is 11.5 Å². The van der Waals surface area contributed by atoms with Gasteiger partial charge in [0.05, 0.1) is 16.6 Å². The van der Waals surface area contributed by atoms with Gasteiger partial charge in [0.15, 0.2) is 0 Å². The number of carbonyl (C=O) groups excluding carboxylic acids is 1. The van der Waals surface area contributed by atoms with Crippen LogP contribution in [0.5, 0.6) is 0 Å². The Balaban J connectivity index is 1.83. The maximum absolute atomic E-state index is 12.0. The largest absolute Gasteiger partial charge is 0.299 e. The zero-order valence-electron chi connectivity index (χ0n) is 10.6. The molecule has 1 unspecified atom stereocenters. The van der Waals surface area contributed by atoms with Crippen molar-refractivity contribution in [1.82, 2.24) is 0 Å². The van der Waals surface area contributed by atoms with Gasteiger partial charge in [-0.15, -0.1) is 0 Å². The van der Waals surface area contributed by atoms with Crippen molar-refractivity contribution in [3.05, 3.63) is 66.2 Å². The summed E-state index contributed by atoms with van der Waals surface area (Å²) in [7, 11) is -1.22. The Morgan fingerprint density at radius 3 is 2.11 bits per heavy atom. The molecule has 0 aromatic heterocycles. The van der Waals surface area contributed by atoms with Crippen LogP contribution >= 0.6 is 0 Å². The number of benzene rings is 2. The van der Waals surface area contributed by atoms with Crippen LogP contribution < -0.4 is 0 Å². The maximum atomic E-state index is 12.0. The van der Waals surface area contributed by atoms with E-state index in [2.05, 4.69) is 0 Å². The summed E-state index contributed by atoms with van der Waals surface area (Å²) in [5, 5.41) is 0. The first-order chi connectivity index (χ1) is 9.25. The molecule has 2 aromatic carbocycles. The molecule has 0 spiro atoms. The van der Waals surface area contributed by atoms with E-state index in [9.17, 15) is 9.00 Å². The first kappa shape index (κ1) is 13.7. The molecule has 0 aliphatic rings. The van der Waals surface area contributed by atoms with Gasteiger partial charge < -0.3 is 0 Å². The Morgan fingerprint density at radius 1 is 0.895 bits per heavy atom. The summed E-state index contributed by atoms with van der Waals surface area (Å²) >= 11 is 0. The molecule has 0 aliphatic carbocycles. The number of carbonyl (C=O) groups is 1. The number of Topliss-reactive ketones (excluding diaryl/α,β-unsaturated/α-hetero) is 1. The topological polar surface area (TPSA) is 34.1 Å². The van der Waals surface area contributed by atoms with E-state index in [0.717, 1.165) is 10.5 Å². The third-order valence-corrected chi connectivity index (χ3v) is 4.22. The fourth-order valence-electron chi connectivity index (χ4n) is 1.80. The van der Waals surface area contributed by atoms with Crippen molar-refractivity contribution < 1.29 is 9.00 Å². The van der Waals surface area contributed by atoms with Crippen LogP contribution in [0, 0.1) is 0 Å². The monoisotopic (exact) mass is 272 g/mol. The molecule has 0 fully saturated rings. The highest BCUT2D eigenvalue weighted by molar-refractivity contribution is 7.85. The number of aryl methyl sites for hydroxylation is 1. The molecule has 0 saturated heterocycles. The molecule has 2 rings (SSSR count). The van der Waals surface area contributed by atoms with Gasteiger partial charge in [0.2, 0.25) is 0 Å². The van der Waals surface area contributed by atoms with Crippen molar-refractivity contribution in [1.29, 1.82) is 0 Å². The average Bonchev–Trinajstić information content (AvgIpc) is 2.47. The van der Waals surface area contributed by atoms with Crippen LogP contribution in [0.15, 0.2) is 65.6 Å². The van der Waals surface area contributed by atoms with Gasteiger partial charge in [0.25, 0.3) is 0 Å². The van der Waals surface area contributed by atoms with Gasteiger partial charge in [-0.05, 0) is 24.1 Å². The lowest BCUT2D eigenvalue weighted by molar-refractivity contribution is -0.116. The molecule has 0 heterocycles. The second-order valence-electron chi connectivity index (χ2n) is 4.33. The van der Waals surface area contributed by atoms with E-state index in [1.807, 2.05) is 48.5 Å². The number of hydrogen-bond acceptors (Lipinski definition) is 2. The lowest BCUT2D eigenvalue weighted by Crippen LogP contribution is -2.11. The van der Waals surface area contributed by atoms with Gasteiger partial charge in [-0.25, -0.2) is 0 Å². The van der Waals surface area contributed by atoms with Crippen LogP contribution in [0.2, 0.25) is 0 Å². The highest BCUT2D eigenvalue weighted by Crippen LogP contribution is 2.08. The van der Waals surface area contributed by atoms with Gasteiger partial charge >= 0.3 is 0 Å². The predicted molar refractivity (Wildman–Crippen MR) is 77.5 cm³/mol. The Hall–Kier alpha value is -1.74. The van der Waals surface area contributed by atoms with Crippen molar-refractivity contribution in [3.8, 4) is 0 Å². The quantitative estimate of drug-likeness (QED) is 0.810. The van der Waals surface area contributed by atoms with E-state index in [1.165, 1.54) is 0 Å². The Kier molecular flexibility index (Phi) is 5.04. The smallest absolute Gasteiger partial charge is 0.146 e. The van der Waals surface area contributed by atoms with Gasteiger partial charge in [-0.1, -0.05) is 48.5 Å². The minimum atomic E-state index is -1.22. The van der Waals surface area contributed by atoms with Crippen LogP contribution in [-0.2, 0) is 22.0 Å². The summed E-state index contributed by atoms with van der Waals surface area (Å²) in [4.78, 5) is 12.5. The SMILES string of the molecule is O=C(CCc1ccccc1)CS(=O)c1ccccc1. The van der Waals surface area contributed by atoms with E-state index >= 15 is 0 Å². The van der Waals surface area contributed by atoms with Crippen molar-refractivity contribution >= 4 is 16.6 Å². The van der Waals surface area contributed by atoms with Crippen LogP contribution in [0.25, 0.3) is 0 Å². The standard InChI is InChI=1S/C16H16O2S/c17-15(12-11-14-7-3-1-4-8-14)13-19(18)16-9-5-2-6-10-16/h1-10H,11-13H2. The summed E-state index contributed by atoms with van der Waals surface area (Å²) in [5.41, 5.74) is 1.14. The van der Waals surface area contributed by atoms with Crippen molar-refractivity contribution in [3.63, 3.8) is 0 Å². The molecule has 0 bridgehead atoms. The molecule has 0 amide bonds. The number of hydrogen-bond donors (Lipinski definition) is 0. The summed E-state index contributed by atoms with van der Waals surface area (Å²) in [6.07, 6.45) is 1.16. The minimum Gasteiger partial charge on any atom is -0.299 e.